The number of alkyl halides is 3. The summed E-state index contributed by atoms with van der Waals surface area (Å²) in [4.78, 5) is 13.1. The number of amides is 1. The Labute approximate surface area is 167 Å². The number of rotatable bonds is 5. The van der Waals surface area contributed by atoms with Crippen LogP contribution in [0.4, 0.5) is 18.9 Å². The first kappa shape index (κ1) is 21.2. The number of hydrogen-bond donors (Lipinski definition) is 1. The van der Waals surface area contributed by atoms with E-state index in [2.05, 4.69) is 15.9 Å². The first-order chi connectivity index (χ1) is 13.7. The molecule has 1 heterocycles. The van der Waals surface area contributed by atoms with E-state index < -0.39 is 22.0 Å². The van der Waals surface area contributed by atoms with Gasteiger partial charge in [-0.05, 0) is 55.1 Å². The number of nitrogens with zero attached hydrogens (tertiary/aromatic N) is 1. The second kappa shape index (κ2) is 8.46. The lowest BCUT2D eigenvalue weighted by molar-refractivity contribution is -0.274. The summed E-state index contributed by atoms with van der Waals surface area (Å²) < 4.78 is 55.8. The van der Waals surface area contributed by atoms with E-state index in [0.29, 0.717) is 18.0 Å². The quantitative estimate of drug-likeness (QED) is 0.725. The van der Waals surface area contributed by atoms with Crippen LogP contribution < -0.4 is 10.1 Å². The number of hydrogen-bond acceptors (Lipinski definition) is 3. The van der Waals surface area contributed by atoms with Gasteiger partial charge >= 0.3 is 6.36 Å². The molecule has 0 aliphatic carbocycles. The highest BCUT2D eigenvalue weighted by Gasteiger charge is 2.31. The summed E-state index contributed by atoms with van der Waals surface area (Å²) in [5.41, 5.74) is 0.501. The summed E-state index contributed by atoms with van der Waals surface area (Å²) in [6, 6.07) is 11.3. The van der Waals surface area contributed by atoms with E-state index in [0.717, 1.165) is 31.4 Å². The molecule has 1 saturated heterocycles. The molecule has 1 fully saturated rings. The highest BCUT2D eigenvalue weighted by Crippen LogP contribution is 2.26. The van der Waals surface area contributed by atoms with Crippen LogP contribution in [0.1, 0.15) is 29.6 Å². The molecule has 2 aromatic rings. The Kier molecular flexibility index (Phi) is 6.18. The van der Waals surface area contributed by atoms with Gasteiger partial charge in [-0.1, -0.05) is 18.6 Å². The Hall–Kier alpha value is -2.52. The van der Waals surface area contributed by atoms with Gasteiger partial charge in [0.2, 0.25) is 0 Å². The minimum absolute atomic E-state index is 0.216. The molecule has 0 aromatic heterocycles. The molecule has 0 radical (unpaired) electrons. The highest BCUT2D eigenvalue weighted by molar-refractivity contribution is 7.98. The van der Waals surface area contributed by atoms with Gasteiger partial charge in [0.25, 0.3) is 5.91 Å². The molecular formula is C20H21F3N2O3S. The molecule has 3 rings (SSSR count). The van der Waals surface area contributed by atoms with Gasteiger partial charge in [0.05, 0.1) is 20.2 Å². The zero-order chi connectivity index (χ0) is 21.1. The van der Waals surface area contributed by atoms with Gasteiger partial charge in [-0.25, -0.2) is 8.51 Å². The molecule has 0 spiro atoms. The zero-order valence-electron chi connectivity index (χ0n) is 15.6. The van der Waals surface area contributed by atoms with Gasteiger partial charge in [-0.3, -0.25) is 4.79 Å². The Morgan fingerprint density at radius 3 is 2.28 bits per heavy atom. The SMILES string of the molecule is C=S(=O)(c1ccccc1C(=O)Nc1ccc(OC(F)(F)F)cc1)N1CCCCC1. The third-order valence-corrected chi connectivity index (χ3v) is 6.80. The number of nitrogens with one attached hydrogen (secondary N) is 1. The fourth-order valence-electron chi connectivity index (χ4n) is 3.17. The standard InChI is InChI=1S/C20H21F3N2O3S/c1-29(27,25-13-5-2-6-14-25)18-8-4-3-7-17(18)19(26)24-15-9-11-16(12-10-15)28-20(21,22)23/h3-4,7-12H,1-2,5-6,13-14H2,(H,24,26). The van der Waals surface area contributed by atoms with Crippen molar-refractivity contribution < 1.29 is 26.9 Å². The summed E-state index contributed by atoms with van der Waals surface area (Å²) in [5.74, 6) is 3.01. The maximum atomic E-state index is 13.4. The predicted octanol–water partition coefficient (Wildman–Crippen LogP) is 4.31. The largest absolute Gasteiger partial charge is 0.573 e. The zero-order valence-corrected chi connectivity index (χ0v) is 16.4. The minimum atomic E-state index is -4.79. The molecule has 156 valence electrons. The second-order valence-electron chi connectivity index (χ2n) is 6.65. The lowest BCUT2D eigenvalue weighted by Gasteiger charge is -2.30. The Balaban J connectivity index is 1.80. The molecule has 29 heavy (non-hydrogen) atoms. The van der Waals surface area contributed by atoms with Crippen molar-refractivity contribution >= 4 is 27.2 Å². The molecular weight excluding hydrogens is 405 g/mol. The summed E-state index contributed by atoms with van der Waals surface area (Å²) in [5, 5.41) is 2.62. The van der Waals surface area contributed by atoms with Gasteiger partial charge < -0.3 is 10.1 Å². The molecule has 1 unspecified atom stereocenters. The molecule has 5 nitrogen and oxygen atoms in total. The summed E-state index contributed by atoms with van der Waals surface area (Å²) in [6.07, 6.45) is -1.87. The average molecular weight is 426 g/mol. The van der Waals surface area contributed by atoms with E-state index in [9.17, 15) is 22.2 Å². The average Bonchev–Trinajstić information content (AvgIpc) is 2.69. The van der Waals surface area contributed by atoms with Crippen LogP contribution in [0.25, 0.3) is 0 Å². The van der Waals surface area contributed by atoms with Gasteiger partial charge in [-0.2, -0.15) is 0 Å². The molecule has 0 saturated carbocycles. The van der Waals surface area contributed by atoms with Crippen LogP contribution in [0.3, 0.4) is 0 Å². The molecule has 1 aliphatic heterocycles. The Morgan fingerprint density at radius 1 is 1.03 bits per heavy atom. The number of carbonyl (C=O) groups is 1. The van der Waals surface area contributed by atoms with E-state index in [1.807, 2.05) is 4.31 Å². The Morgan fingerprint density at radius 2 is 1.66 bits per heavy atom. The van der Waals surface area contributed by atoms with Crippen LogP contribution in [0, 0.1) is 0 Å². The van der Waals surface area contributed by atoms with E-state index in [4.69, 9.17) is 0 Å². The number of anilines is 1. The highest BCUT2D eigenvalue weighted by atomic mass is 32.2. The van der Waals surface area contributed by atoms with E-state index in [-0.39, 0.29) is 17.0 Å². The van der Waals surface area contributed by atoms with Crippen LogP contribution >= 0.6 is 0 Å². The van der Waals surface area contributed by atoms with E-state index >= 15 is 0 Å². The third kappa shape index (κ3) is 5.30. The minimum Gasteiger partial charge on any atom is -0.406 e. The van der Waals surface area contributed by atoms with Crippen LogP contribution in [0.15, 0.2) is 53.4 Å². The molecule has 1 amide bonds. The fourth-order valence-corrected chi connectivity index (χ4v) is 5.09. The normalized spacial score (nSPS) is 17.3. The van der Waals surface area contributed by atoms with Crippen LogP contribution in [-0.2, 0) is 9.71 Å². The van der Waals surface area contributed by atoms with Crippen molar-refractivity contribution in [1.82, 2.24) is 4.31 Å². The summed E-state index contributed by atoms with van der Waals surface area (Å²) >= 11 is 0. The number of ether oxygens (including phenoxy) is 1. The fraction of sp³-hybridized carbons (Fsp3) is 0.300. The van der Waals surface area contributed by atoms with Crippen molar-refractivity contribution in [2.24, 2.45) is 0 Å². The van der Waals surface area contributed by atoms with Crippen molar-refractivity contribution in [2.45, 2.75) is 30.5 Å². The topological polar surface area (TPSA) is 58.6 Å². The predicted molar refractivity (Wildman–Crippen MR) is 106 cm³/mol. The first-order valence-corrected chi connectivity index (χ1v) is 10.7. The maximum Gasteiger partial charge on any atom is 0.573 e. The summed E-state index contributed by atoms with van der Waals surface area (Å²) in [7, 11) is -2.83. The molecule has 9 heteroatoms. The summed E-state index contributed by atoms with van der Waals surface area (Å²) in [6.45, 7) is 1.30. The monoisotopic (exact) mass is 426 g/mol. The molecule has 0 bridgehead atoms. The van der Waals surface area contributed by atoms with E-state index in [1.54, 1.807) is 24.3 Å². The van der Waals surface area contributed by atoms with Gasteiger partial charge in [0.1, 0.15) is 5.75 Å². The number of carbonyl (C=O) groups excluding carboxylic acids is 1. The van der Waals surface area contributed by atoms with Crippen molar-refractivity contribution in [3.8, 4) is 5.75 Å². The molecule has 1 atom stereocenters. The lowest BCUT2D eigenvalue weighted by atomic mass is 10.2. The first-order valence-electron chi connectivity index (χ1n) is 9.05. The van der Waals surface area contributed by atoms with Crippen molar-refractivity contribution in [3.05, 3.63) is 54.1 Å². The Bertz CT molecular complexity index is 967. The maximum absolute atomic E-state index is 13.4. The van der Waals surface area contributed by atoms with Crippen LogP contribution in [-0.4, -0.2) is 39.7 Å². The van der Waals surface area contributed by atoms with Crippen molar-refractivity contribution in [3.63, 3.8) is 0 Å². The van der Waals surface area contributed by atoms with Crippen LogP contribution in [0.2, 0.25) is 0 Å². The number of piperidine rings is 1. The van der Waals surface area contributed by atoms with Crippen LogP contribution in [0.5, 0.6) is 5.75 Å². The van der Waals surface area contributed by atoms with Crippen molar-refractivity contribution in [1.29, 1.82) is 0 Å². The molecule has 2 aromatic carbocycles. The molecule has 1 N–H and O–H groups in total. The van der Waals surface area contributed by atoms with Gasteiger partial charge in [0.15, 0.2) is 0 Å². The van der Waals surface area contributed by atoms with Gasteiger partial charge in [-0.15, -0.1) is 13.2 Å². The lowest BCUT2D eigenvalue weighted by Crippen LogP contribution is -2.36. The van der Waals surface area contributed by atoms with Crippen molar-refractivity contribution in [2.75, 3.05) is 18.4 Å². The molecule has 1 aliphatic rings. The number of halogens is 3. The number of benzene rings is 2. The smallest absolute Gasteiger partial charge is 0.406 e. The second-order valence-corrected chi connectivity index (χ2v) is 8.89. The van der Waals surface area contributed by atoms with E-state index in [1.165, 1.54) is 12.1 Å². The third-order valence-electron chi connectivity index (χ3n) is 4.55. The van der Waals surface area contributed by atoms with Gasteiger partial charge in [0, 0.05) is 18.8 Å².